The number of aliphatic hydroxyl groups excluding tert-OH is 1. The Bertz CT molecular complexity index is 462. The Kier molecular flexibility index (Phi) is 2.67. The van der Waals surface area contributed by atoms with E-state index < -0.39 is 0 Å². The molecule has 0 atom stereocenters. The molecule has 1 aromatic heterocycles. The number of thiol groups is 1. The monoisotopic (exact) mass is 226 g/mol. The highest BCUT2D eigenvalue weighted by Crippen LogP contribution is 2.35. The molecule has 0 radical (unpaired) electrons. The van der Waals surface area contributed by atoms with Crippen molar-refractivity contribution in [2.75, 3.05) is 7.11 Å². The fourth-order valence-electron chi connectivity index (χ4n) is 1.39. The standard InChI is InChI=1S/C10H10O2S2/c1-12-9-2-6(13)3-10-8(9)4-7(5-11)14-10/h2-4,11,13H,5H2,1H3. The van der Waals surface area contributed by atoms with Crippen LogP contribution in [0.15, 0.2) is 23.1 Å². The minimum Gasteiger partial charge on any atom is -0.496 e. The van der Waals surface area contributed by atoms with E-state index in [4.69, 9.17) is 9.84 Å². The van der Waals surface area contributed by atoms with Crippen LogP contribution in [-0.4, -0.2) is 12.2 Å². The molecule has 4 heteroatoms. The van der Waals surface area contributed by atoms with Gasteiger partial charge < -0.3 is 9.84 Å². The first kappa shape index (κ1) is 9.83. The number of ether oxygens (including phenoxy) is 1. The van der Waals surface area contributed by atoms with Crippen molar-refractivity contribution in [1.29, 1.82) is 0 Å². The number of rotatable bonds is 2. The van der Waals surface area contributed by atoms with E-state index in [-0.39, 0.29) is 6.61 Å². The van der Waals surface area contributed by atoms with E-state index in [1.807, 2.05) is 18.2 Å². The zero-order chi connectivity index (χ0) is 10.1. The third-order valence-corrected chi connectivity index (χ3v) is 3.34. The van der Waals surface area contributed by atoms with Gasteiger partial charge in [0.15, 0.2) is 0 Å². The second-order valence-electron chi connectivity index (χ2n) is 2.93. The predicted molar refractivity (Wildman–Crippen MR) is 61.6 cm³/mol. The van der Waals surface area contributed by atoms with Crippen LogP contribution in [0.4, 0.5) is 0 Å². The maximum absolute atomic E-state index is 9.02. The van der Waals surface area contributed by atoms with Crippen molar-refractivity contribution in [3.63, 3.8) is 0 Å². The summed E-state index contributed by atoms with van der Waals surface area (Å²) in [6.45, 7) is 0.0738. The molecule has 2 nitrogen and oxygen atoms in total. The molecule has 1 heterocycles. The lowest BCUT2D eigenvalue weighted by atomic mass is 10.2. The van der Waals surface area contributed by atoms with E-state index in [9.17, 15) is 0 Å². The van der Waals surface area contributed by atoms with Crippen LogP contribution in [0.1, 0.15) is 4.88 Å². The van der Waals surface area contributed by atoms with Crippen molar-refractivity contribution in [3.8, 4) is 5.75 Å². The van der Waals surface area contributed by atoms with Gasteiger partial charge in [-0.2, -0.15) is 0 Å². The summed E-state index contributed by atoms with van der Waals surface area (Å²) in [5.41, 5.74) is 0. The molecule has 1 N–H and O–H groups in total. The van der Waals surface area contributed by atoms with Gasteiger partial charge in [-0.3, -0.25) is 0 Å². The molecule has 0 aliphatic heterocycles. The molecular formula is C10H10O2S2. The average molecular weight is 226 g/mol. The van der Waals surface area contributed by atoms with Gasteiger partial charge in [-0.1, -0.05) is 0 Å². The molecule has 0 bridgehead atoms. The highest BCUT2D eigenvalue weighted by molar-refractivity contribution is 7.80. The molecule has 0 saturated carbocycles. The summed E-state index contributed by atoms with van der Waals surface area (Å²) in [6, 6.07) is 5.80. The fourth-order valence-corrected chi connectivity index (χ4v) is 2.71. The Labute approximate surface area is 91.5 Å². The number of methoxy groups -OCH3 is 1. The van der Waals surface area contributed by atoms with Crippen molar-refractivity contribution < 1.29 is 9.84 Å². The first-order chi connectivity index (χ1) is 6.74. The zero-order valence-corrected chi connectivity index (χ0v) is 9.36. The summed E-state index contributed by atoms with van der Waals surface area (Å²) in [5.74, 6) is 0.809. The van der Waals surface area contributed by atoms with Crippen LogP contribution in [0.25, 0.3) is 10.1 Å². The van der Waals surface area contributed by atoms with E-state index >= 15 is 0 Å². The minimum atomic E-state index is 0.0738. The summed E-state index contributed by atoms with van der Waals surface area (Å²) in [5, 5.41) is 10.1. The van der Waals surface area contributed by atoms with E-state index in [2.05, 4.69) is 12.6 Å². The normalized spacial score (nSPS) is 10.8. The summed E-state index contributed by atoms with van der Waals surface area (Å²) >= 11 is 5.85. The quantitative estimate of drug-likeness (QED) is 0.771. The molecule has 1 aromatic carbocycles. The maximum Gasteiger partial charge on any atom is 0.128 e. The minimum absolute atomic E-state index is 0.0738. The molecule has 0 spiro atoms. The Balaban J connectivity index is 2.71. The first-order valence-electron chi connectivity index (χ1n) is 4.15. The molecule has 0 saturated heterocycles. The highest BCUT2D eigenvalue weighted by atomic mass is 32.1. The molecule has 2 aromatic rings. The average Bonchev–Trinajstić information content (AvgIpc) is 2.59. The number of hydrogen-bond donors (Lipinski definition) is 2. The van der Waals surface area contributed by atoms with Crippen LogP contribution in [-0.2, 0) is 6.61 Å². The molecule has 2 rings (SSSR count). The van der Waals surface area contributed by atoms with E-state index in [1.54, 1.807) is 18.4 Å². The second kappa shape index (κ2) is 3.81. The third kappa shape index (κ3) is 1.61. The molecule has 74 valence electrons. The van der Waals surface area contributed by atoms with Crippen molar-refractivity contribution in [2.45, 2.75) is 11.5 Å². The maximum atomic E-state index is 9.02. The van der Waals surface area contributed by atoms with Gasteiger partial charge >= 0.3 is 0 Å². The number of benzene rings is 1. The molecule has 0 aliphatic carbocycles. The number of thiophene rings is 1. The summed E-state index contributed by atoms with van der Waals surface area (Å²) in [7, 11) is 1.64. The van der Waals surface area contributed by atoms with Crippen molar-refractivity contribution >= 4 is 34.1 Å². The smallest absolute Gasteiger partial charge is 0.128 e. The molecule has 0 unspecified atom stereocenters. The molecule has 14 heavy (non-hydrogen) atoms. The third-order valence-electron chi connectivity index (χ3n) is 2.01. The second-order valence-corrected chi connectivity index (χ2v) is 4.62. The van der Waals surface area contributed by atoms with Gasteiger partial charge in [0.05, 0.1) is 13.7 Å². The van der Waals surface area contributed by atoms with E-state index in [0.29, 0.717) is 0 Å². The van der Waals surface area contributed by atoms with Crippen LogP contribution in [0.3, 0.4) is 0 Å². The van der Waals surface area contributed by atoms with Gasteiger partial charge in [0, 0.05) is 19.9 Å². The van der Waals surface area contributed by atoms with E-state index in [1.165, 1.54) is 0 Å². The summed E-state index contributed by atoms with van der Waals surface area (Å²) in [4.78, 5) is 1.82. The highest BCUT2D eigenvalue weighted by Gasteiger charge is 2.07. The molecule has 0 aliphatic rings. The lowest BCUT2D eigenvalue weighted by Gasteiger charge is -2.01. The largest absolute Gasteiger partial charge is 0.496 e. The van der Waals surface area contributed by atoms with Crippen LogP contribution in [0.2, 0.25) is 0 Å². The Morgan fingerprint density at radius 3 is 2.86 bits per heavy atom. The molecule has 0 amide bonds. The van der Waals surface area contributed by atoms with Crippen LogP contribution >= 0.6 is 24.0 Å². The number of fused-ring (bicyclic) bond motifs is 1. The van der Waals surface area contributed by atoms with Crippen LogP contribution < -0.4 is 4.74 Å². The van der Waals surface area contributed by atoms with Gasteiger partial charge in [0.2, 0.25) is 0 Å². The van der Waals surface area contributed by atoms with Gasteiger partial charge in [0.25, 0.3) is 0 Å². The van der Waals surface area contributed by atoms with E-state index in [0.717, 1.165) is 25.6 Å². The molecular weight excluding hydrogens is 216 g/mol. The predicted octanol–water partition coefficient (Wildman–Crippen LogP) is 2.69. The Morgan fingerprint density at radius 2 is 2.21 bits per heavy atom. The summed E-state index contributed by atoms with van der Waals surface area (Å²) in [6.07, 6.45) is 0. The number of hydrogen-bond acceptors (Lipinski definition) is 4. The Hall–Kier alpha value is -0.710. The van der Waals surface area contributed by atoms with Crippen molar-refractivity contribution in [2.24, 2.45) is 0 Å². The number of aliphatic hydroxyl groups is 1. The van der Waals surface area contributed by atoms with Crippen molar-refractivity contribution in [3.05, 3.63) is 23.1 Å². The SMILES string of the molecule is COc1cc(S)cc2sc(CO)cc12. The van der Waals surface area contributed by atoms with Crippen molar-refractivity contribution in [1.82, 2.24) is 0 Å². The van der Waals surface area contributed by atoms with Crippen LogP contribution in [0, 0.1) is 0 Å². The van der Waals surface area contributed by atoms with Crippen LogP contribution in [0.5, 0.6) is 5.75 Å². The van der Waals surface area contributed by atoms with Gasteiger partial charge in [-0.25, -0.2) is 0 Å². The summed E-state index contributed by atoms with van der Waals surface area (Å²) < 4.78 is 6.34. The van der Waals surface area contributed by atoms with Gasteiger partial charge in [0.1, 0.15) is 5.75 Å². The topological polar surface area (TPSA) is 29.5 Å². The zero-order valence-electron chi connectivity index (χ0n) is 7.65. The van der Waals surface area contributed by atoms with Gasteiger partial charge in [-0.05, 0) is 18.2 Å². The Morgan fingerprint density at radius 1 is 1.43 bits per heavy atom. The lowest BCUT2D eigenvalue weighted by molar-refractivity contribution is 0.285. The van der Waals surface area contributed by atoms with Gasteiger partial charge in [-0.15, -0.1) is 24.0 Å². The molecule has 0 fully saturated rings. The fraction of sp³-hybridized carbons (Fsp3) is 0.200. The lowest BCUT2D eigenvalue weighted by Crippen LogP contribution is -1.82. The first-order valence-corrected chi connectivity index (χ1v) is 5.41.